The van der Waals surface area contributed by atoms with Crippen LogP contribution in [0, 0.1) is 6.92 Å². The van der Waals surface area contributed by atoms with Gasteiger partial charge in [0.05, 0.1) is 13.3 Å². The SMILES string of the molecule is COc1ccc(C=NNC(=O)c2cc(O)cc(O)c2)cc1CSc1nc(C)cc(C(F)F)n1. The number of ether oxygens (including phenoxy) is 1. The van der Waals surface area contributed by atoms with E-state index in [0.717, 1.165) is 11.6 Å². The van der Waals surface area contributed by atoms with Gasteiger partial charge < -0.3 is 14.9 Å². The summed E-state index contributed by atoms with van der Waals surface area (Å²) in [7, 11) is 1.51. The Morgan fingerprint density at radius 1 is 1.18 bits per heavy atom. The molecule has 0 bridgehead atoms. The van der Waals surface area contributed by atoms with Gasteiger partial charge in [0.2, 0.25) is 0 Å². The molecule has 0 unspecified atom stereocenters. The lowest BCUT2D eigenvalue weighted by Crippen LogP contribution is -2.17. The number of hydrogen-bond donors (Lipinski definition) is 3. The average molecular weight is 474 g/mol. The van der Waals surface area contributed by atoms with E-state index in [1.807, 2.05) is 0 Å². The summed E-state index contributed by atoms with van der Waals surface area (Å²) in [6.07, 6.45) is -1.27. The highest BCUT2D eigenvalue weighted by Crippen LogP contribution is 2.28. The average Bonchev–Trinajstić information content (AvgIpc) is 2.76. The zero-order valence-electron chi connectivity index (χ0n) is 17.6. The molecule has 8 nitrogen and oxygen atoms in total. The van der Waals surface area contributed by atoms with Crippen LogP contribution in [0.3, 0.4) is 0 Å². The summed E-state index contributed by atoms with van der Waals surface area (Å²) in [5, 5.41) is 23.1. The number of nitrogens with one attached hydrogen (secondary N) is 1. The van der Waals surface area contributed by atoms with Crippen molar-refractivity contribution in [3.63, 3.8) is 0 Å². The minimum atomic E-state index is -2.68. The first-order chi connectivity index (χ1) is 15.7. The second-order valence-corrected chi connectivity index (χ2v) is 7.76. The number of carbonyl (C=O) groups excluding carboxylic acids is 1. The summed E-state index contributed by atoms with van der Waals surface area (Å²) in [6.45, 7) is 1.63. The van der Waals surface area contributed by atoms with Gasteiger partial charge >= 0.3 is 0 Å². The van der Waals surface area contributed by atoms with E-state index in [4.69, 9.17) is 4.74 Å². The van der Waals surface area contributed by atoms with Gasteiger partial charge in [-0.3, -0.25) is 4.79 Å². The van der Waals surface area contributed by atoms with Crippen molar-refractivity contribution in [1.29, 1.82) is 0 Å². The maximum atomic E-state index is 13.0. The smallest absolute Gasteiger partial charge is 0.280 e. The molecule has 1 heterocycles. The van der Waals surface area contributed by atoms with Gasteiger partial charge in [0, 0.05) is 28.6 Å². The van der Waals surface area contributed by atoms with E-state index in [2.05, 4.69) is 20.5 Å². The standard InChI is InChI=1S/C22H20F2N4O4S/c1-12-5-18(20(23)24)27-22(26-12)33-11-15-6-13(3-4-19(15)32-2)10-25-28-21(31)14-7-16(29)9-17(30)8-14/h3-10,20,29-30H,11H2,1-2H3,(H,28,31). The number of carbonyl (C=O) groups is 1. The minimum absolute atomic E-state index is 0.0396. The van der Waals surface area contributed by atoms with E-state index in [-0.39, 0.29) is 27.9 Å². The maximum Gasteiger partial charge on any atom is 0.280 e. The summed E-state index contributed by atoms with van der Waals surface area (Å²) in [6, 6.07) is 9.95. The molecule has 0 saturated heterocycles. The molecule has 0 fully saturated rings. The molecule has 0 spiro atoms. The Morgan fingerprint density at radius 2 is 1.91 bits per heavy atom. The van der Waals surface area contributed by atoms with Crippen LogP contribution in [0.25, 0.3) is 0 Å². The Labute approximate surface area is 192 Å². The quantitative estimate of drug-likeness (QED) is 0.194. The van der Waals surface area contributed by atoms with Crippen molar-refractivity contribution in [2.75, 3.05) is 7.11 Å². The van der Waals surface area contributed by atoms with E-state index in [1.165, 1.54) is 43.3 Å². The van der Waals surface area contributed by atoms with Crippen LogP contribution >= 0.6 is 11.8 Å². The zero-order valence-corrected chi connectivity index (χ0v) is 18.4. The first kappa shape index (κ1) is 23.9. The third kappa shape index (κ3) is 6.62. The van der Waals surface area contributed by atoms with Crippen molar-refractivity contribution >= 4 is 23.9 Å². The highest BCUT2D eigenvalue weighted by molar-refractivity contribution is 7.98. The maximum absolute atomic E-state index is 13.0. The molecule has 0 saturated carbocycles. The lowest BCUT2D eigenvalue weighted by Gasteiger charge is -2.10. The molecule has 0 aliphatic heterocycles. The summed E-state index contributed by atoms with van der Waals surface area (Å²) in [4.78, 5) is 20.2. The van der Waals surface area contributed by atoms with Gasteiger partial charge in [-0.2, -0.15) is 5.10 Å². The van der Waals surface area contributed by atoms with Crippen molar-refractivity contribution in [2.24, 2.45) is 5.10 Å². The van der Waals surface area contributed by atoms with Crippen LogP contribution in [-0.2, 0) is 5.75 Å². The monoisotopic (exact) mass is 474 g/mol. The summed E-state index contributed by atoms with van der Waals surface area (Å²) < 4.78 is 31.4. The first-order valence-corrected chi connectivity index (χ1v) is 10.5. The van der Waals surface area contributed by atoms with Gasteiger partial charge in [0.25, 0.3) is 12.3 Å². The van der Waals surface area contributed by atoms with E-state index in [1.54, 1.807) is 25.1 Å². The van der Waals surface area contributed by atoms with E-state index >= 15 is 0 Å². The van der Waals surface area contributed by atoms with Crippen LogP contribution in [0.5, 0.6) is 17.2 Å². The fourth-order valence-corrected chi connectivity index (χ4v) is 3.72. The molecule has 11 heteroatoms. The number of hydrazone groups is 1. The van der Waals surface area contributed by atoms with Crippen molar-refractivity contribution in [3.8, 4) is 17.2 Å². The number of aromatic hydroxyl groups is 2. The Hall–Kier alpha value is -3.73. The topological polar surface area (TPSA) is 117 Å². The van der Waals surface area contributed by atoms with Crippen LogP contribution in [0.2, 0.25) is 0 Å². The largest absolute Gasteiger partial charge is 0.508 e. The number of methoxy groups -OCH3 is 1. The number of aryl methyl sites for hydroxylation is 1. The van der Waals surface area contributed by atoms with Crippen molar-refractivity contribution in [1.82, 2.24) is 15.4 Å². The first-order valence-electron chi connectivity index (χ1n) is 9.55. The molecule has 3 aromatic rings. The summed E-state index contributed by atoms with van der Waals surface area (Å²) in [5.74, 6) is -0.181. The molecule has 0 atom stereocenters. The van der Waals surface area contributed by atoms with Gasteiger partial charge in [-0.1, -0.05) is 11.8 Å². The highest BCUT2D eigenvalue weighted by atomic mass is 32.2. The van der Waals surface area contributed by atoms with Crippen LogP contribution in [-0.4, -0.2) is 39.4 Å². The molecular formula is C22H20F2N4O4S. The van der Waals surface area contributed by atoms with Gasteiger partial charge in [-0.15, -0.1) is 0 Å². The lowest BCUT2D eigenvalue weighted by molar-refractivity contribution is 0.0954. The van der Waals surface area contributed by atoms with Crippen molar-refractivity contribution < 1.29 is 28.5 Å². The Bertz CT molecular complexity index is 1170. The predicted octanol–water partition coefficient (Wildman–Crippen LogP) is 4.20. The molecule has 3 N–H and O–H groups in total. The molecular weight excluding hydrogens is 454 g/mol. The molecule has 1 amide bonds. The van der Waals surface area contributed by atoms with E-state index < -0.39 is 12.3 Å². The second kappa shape index (κ2) is 10.7. The van der Waals surface area contributed by atoms with Gasteiger partial charge in [0.15, 0.2) is 5.16 Å². The number of thioether (sulfide) groups is 1. The molecule has 3 rings (SSSR count). The fourth-order valence-electron chi connectivity index (χ4n) is 2.83. The predicted molar refractivity (Wildman–Crippen MR) is 119 cm³/mol. The van der Waals surface area contributed by atoms with Gasteiger partial charge in [-0.05, 0) is 48.9 Å². The van der Waals surface area contributed by atoms with Crippen LogP contribution in [0.1, 0.15) is 39.3 Å². The third-order valence-corrected chi connectivity index (χ3v) is 5.18. The number of rotatable bonds is 8. The number of halogens is 2. The van der Waals surface area contributed by atoms with Crippen LogP contribution in [0.4, 0.5) is 8.78 Å². The fraction of sp³-hybridized carbons (Fsp3) is 0.182. The number of phenols is 2. The Morgan fingerprint density at radius 3 is 2.58 bits per heavy atom. The van der Waals surface area contributed by atoms with Crippen molar-refractivity contribution in [2.45, 2.75) is 24.3 Å². The molecule has 172 valence electrons. The number of nitrogens with zero attached hydrogens (tertiary/aromatic N) is 3. The molecule has 0 radical (unpaired) electrons. The number of amides is 1. The number of phenolic OH excluding ortho intramolecular Hbond substituents is 2. The number of alkyl halides is 2. The minimum Gasteiger partial charge on any atom is -0.508 e. The normalized spacial score (nSPS) is 11.2. The Kier molecular flexibility index (Phi) is 7.78. The van der Waals surface area contributed by atoms with E-state index in [0.29, 0.717) is 22.8 Å². The van der Waals surface area contributed by atoms with Gasteiger partial charge in [0.1, 0.15) is 22.9 Å². The summed E-state index contributed by atoms with van der Waals surface area (Å²) in [5.41, 5.74) is 3.87. The zero-order chi connectivity index (χ0) is 24.0. The van der Waals surface area contributed by atoms with Gasteiger partial charge in [-0.25, -0.2) is 24.2 Å². The van der Waals surface area contributed by atoms with E-state index in [9.17, 15) is 23.8 Å². The number of benzene rings is 2. The number of aromatic nitrogens is 2. The van der Waals surface area contributed by atoms with Crippen molar-refractivity contribution in [3.05, 3.63) is 70.5 Å². The molecule has 1 aromatic heterocycles. The Balaban J connectivity index is 1.71. The summed E-state index contributed by atoms with van der Waals surface area (Å²) >= 11 is 1.19. The number of hydrogen-bond acceptors (Lipinski definition) is 8. The molecule has 0 aliphatic rings. The van der Waals surface area contributed by atoms with Crippen LogP contribution in [0.15, 0.2) is 52.7 Å². The molecule has 33 heavy (non-hydrogen) atoms. The second-order valence-electron chi connectivity index (χ2n) is 6.81. The highest BCUT2D eigenvalue weighted by Gasteiger charge is 2.13. The molecule has 2 aromatic carbocycles. The van der Waals surface area contributed by atoms with Crippen LogP contribution < -0.4 is 10.2 Å². The lowest BCUT2D eigenvalue weighted by atomic mass is 10.1. The molecule has 0 aliphatic carbocycles. The third-order valence-electron chi connectivity index (χ3n) is 4.28.